The summed E-state index contributed by atoms with van der Waals surface area (Å²) in [6, 6.07) is 33.1. The van der Waals surface area contributed by atoms with Gasteiger partial charge >= 0.3 is 0 Å². The van der Waals surface area contributed by atoms with Crippen molar-refractivity contribution in [2.75, 3.05) is 20.3 Å². The number of carbonyl (C=O) groups excluding carboxylic acids is 4. The van der Waals surface area contributed by atoms with Gasteiger partial charge in [0.25, 0.3) is 0 Å². The Labute approximate surface area is 710 Å². The molecule has 24 atom stereocenters. The second kappa shape index (κ2) is 38.2. The zero-order valence-electron chi connectivity index (χ0n) is 67.1. The van der Waals surface area contributed by atoms with Gasteiger partial charge in [-0.1, -0.05) is 60.2 Å². The summed E-state index contributed by atoms with van der Waals surface area (Å²) in [5, 5.41) is 212. The van der Waals surface area contributed by atoms with E-state index in [1.54, 1.807) is 43.3 Å². The number of aromatic hydroxyl groups is 9. The van der Waals surface area contributed by atoms with Gasteiger partial charge in [0.15, 0.2) is 47.2 Å². The smallest absolute Gasteiger partial charge is 0.229 e. The SMILES string of the molecule is COc1ccc(C2CC(=O)c3c(O)cc(O)cc3O2)cc1O.Cc1ccc(C2CC(=O)c3c(O)cc(OC4OC(COC5OC(C)C(O)C(O)C5O)C(O)C(O)C4O)cc3O2)cc1.Cc1ccc(C2CC(=O)c3c(O)cc(OC4OC(COC5OC(C)C(O)C(O)C5O)C(O)C(O)C4O)cc3O2)cc1O.O=C1CC(c2ccc(O)cc2)Oc2cc(O)cc(O)c21. The Morgan fingerprint density at radius 3 is 1.02 bits per heavy atom. The molecule has 125 heavy (non-hydrogen) atoms. The van der Waals surface area contributed by atoms with Crippen molar-refractivity contribution in [3.05, 3.63) is 189 Å². The van der Waals surface area contributed by atoms with Crippen LogP contribution in [-0.4, -0.2) is 274 Å². The number of ketones is 4. The van der Waals surface area contributed by atoms with Crippen LogP contribution in [0.15, 0.2) is 133 Å². The second-order valence-corrected chi connectivity index (χ2v) is 31.0. The van der Waals surface area contributed by atoms with E-state index >= 15 is 0 Å². The minimum Gasteiger partial charge on any atom is -0.508 e. The summed E-state index contributed by atoms with van der Waals surface area (Å²) >= 11 is 0. The van der Waals surface area contributed by atoms with Crippen molar-refractivity contribution in [3.63, 3.8) is 0 Å². The largest absolute Gasteiger partial charge is 0.508 e. The topological polar surface area (TPSA) is 613 Å². The van der Waals surface area contributed by atoms with E-state index in [1.807, 2.05) is 31.2 Å². The summed E-state index contributed by atoms with van der Waals surface area (Å²) in [5.41, 5.74) is 4.40. The number of phenolic OH excluding ortho intramolecular Hbond substituents is 9. The molecule has 0 aromatic heterocycles. The van der Waals surface area contributed by atoms with E-state index in [4.69, 9.17) is 61.6 Å². The molecule has 0 radical (unpaired) electrons. The van der Waals surface area contributed by atoms with E-state index in [0.29, 0.717) is 22.4 Å². The van der Waals surface area contributed by atoms with Gasteiger partial charge in [-0.15, -0.1) is 0 Å². The Bertz CT molecular complexity index is 5220. The third-order valence-corrected chi connectivity index (χ3v) is 22.1. The number of ether oxygens (including phenoxy) is 13. The molecule has 16 rings (SSSR count). The Kier molecular flexibility index (Phi) is 27.8. The molecule has 8 aromatic rings. The van der Waals surface area contributed by atoms with Crippen molar-refractivity contribution >= 4 is 23.1 Å². The van der Waals surface area contributed by atoms with Crippen LogP contribution in [0, 0.1) is 13.8 Å². The lowest BCUT2D eigenvalue weighted by molar-refractivity contribution is -0.318. The Morgan fingerprint density at radius 2 is 0.648 bits per heavy atom. The maximum absolute atomic E-state index is 12.9. The highest BCUT2D eigenvalue weighted by Gasteiger charge is 2.51. The molecule has 24 unspecified atom stereocenters. The number of fused-ring (bicyclic) bond motifs is 4. The van der Waals surface area contributed by atoms with Gasteiger partial charge in [0.1, 0.15) is 213 Å². The molecule has 0 spiro atoms. The molecule has 8 aliphatic rings. The van der Waals surface area contributed by atoms with E-state index < -0.39 is 178 Å². The molecule has 0 saturated carbocycles. The fraction of sp³-hybridized carbons (Fsp3) is 0.402. The van der Waals surface area contributed by atoms with Gasteiger partial charge in [0.2, 0.25) is 12.6 Å². The van der Waals surface area contributed by atoms with Crippen molar-refractivity contribution in [3.8, 4) is 92.0 Å². The summed E-state index contributed by atoms with van der Waals surface area (Å²) in [6.45, 7) is 5.64. The van der Waals surface area contributed by atoms with E-state index in [9.17, 15) is 126 Å². The van der Waals surface area contributed by atoms with Gasteiger partial charge in [0, 0.05) is 48.5 Å². The fourth-order valence-electron chi connectivity index (χ4n) is 15.0. The summed E-state index contributed by atoms with van der Waals surface area (Å²) in [4.78, 5) is 50.0. The summed E-state index contributed by atoms with van der Waals surface area (Å²) < 4.78 is 72.6. The molecule has 0 bridgehead atoms. The number of hydrogen-bond acceptors (Lipinski definition) is 38. The summed E-state index contributed by atoms with van der Waals surface area (Å²) in [7, 11) is 1.44. The molecule has 8 heterocycles. The average molecular weight is 1750 g/mol. The number of methoxy groups -OCH3 is 1. The molecular formula is C87H94O38. The molecule has 670 valence electrons. The molecule has 4 saturated heterocycles. The number of aliphatic hydroxyl groups excluding tert-OH is 12. The Morgan fingerprint density at radius 1 is 0.320 bits per heavy atom. The highest BCUT2D eigenvalue weighted by atomic mass is 16.7. The molecule has 38 nitrogen and oxygen atoms in total. The molecule has 38 heteroatoms. The van der Waals surface area contributed by atoms with Crippen LogP contribution < -0.4 is 33.2 Å². The molecule has 8 aliphatic heterocycles. The van der Waals surface area contributed by atoms with Crippen LogP contribution in [0.3, 0.4) is 0 Å². The first-order valence-corrected chi connectivity index (χ1v) is 39.4. The third kappa shape index (κ3) is 19.9. The van der Waals surface area contributed by atoms with E-state index in [0.717, 1.165) is 41.0 Å². The van der Waals surface area contributed by atoms with E-state index in [1.165, 1.54) is 69.5 Å². The van der Waals surface area contributed by atoms with Crippen molar-refractivity contribution < 1.29 is 188 Å². The summed E-state index contributed by atoms with van der Waals surface area (Å²) in [5.74, 6) is -2.49. The molecule has 4 fully saturated rings. The first-order chi connectivity index (χ1) is 59.3. The van der Waals surface area contributed by atoms with Crippen LogP contribution in [0.1, 0.15) is 139 Å². The lowest BCUT2D eigenvalue weighted by atomic mass is 9.95. The number of hydrogen-bond donors (Lipinski definition) is 21. The fourth-order valence-corrected chi connectivity index (χ4v) is 15.0. The first-order valence-electron chi connectivity index (χ1n) is 39.4. The maximum atomic E-state index is 12.9. The standard InChI is InChI=1S/C28H34O14.C28H34O13.C16H14O6.C15H12O5/c1-10-3-4-12(5-14(10)29)17-8-16(31)20-15(30)6-13(7-18(20)41-17)40-28-26(37)24(35)22(33)19(42-28)9-38-27-25(36)23(34)21(32)11(2)39-27;1-11-3-5-13(6-4-11)17-9-16(30)20-15(29)7-14(8-18(20)40-17)39-28-26(36)24(34)22(32)19(41-28)10-37-27-25(35)23(33)21(31)12(2)38-27;1-21-13-3-2-8(4-10(13)18)14-7-12(20)16-11(19)5-9(17)6-15(16)22-14;16-9-3-1-8(2-4-9)13-7-12(19)15-11(18)5-10(17)6-14(15)20-13/h3-7,11,17,19,21-30,32-37H,8-9H2,1-2H3;3-8,12,17,19,21-29,31-36H,9-10H2,1-2H3;2-6,14,17-19H,7H2,1H3;1-6,13,16-18H,7H2. The van der Waals surface area contributed by atoms with Crippen LogP contribution in [0.4, 0.5) is 0 Å². The number of phenols is 9. The molecule has 21 N–H and O–H groups in total. The molecule has 0 amide bonds. The van der Waals surface area contributed by atoms with Gasteiger partial charge < -0.3 is 169 Å². The number of rotatable bonds is 15. The monoisotopic (exact) mass is 1750 g/mol. The van der Waals surface area contributed by atoms with Gasteiger partial charge in [-0.05, 0) is 85.8 Å². The predicted octanol–water partition coefficient (Wildman–Crippen LogP) is 3.61. The van der Waals surface area contributed by atoms with Crippen molar-refractivity contribution in [1.82, 2.24) is 0 Å². The zero-order chi connectivity index (χ0) is 90.2. The minimum absolute atomic E-state index is 0.0138. The van der Waals surface area contributed by atoms with Crippen molar-refractivity contribution in [2.24, 2.45) is 0 Å². The molecular weight excluding hydrogens is 1650 g/mol. The first kappa shape index (κ1) is 91.2. The predicted molar refractivity (Wildman–Crippen MR) is 423 cm³/mol. The highest BCUT2D eigenvalue weighted by Crippen LogP contribution is 2.48. The summed E-state index contributed by atoms with van der Waals surface area (Å²) in [6.07, 6.45) is -32.0. The van der Waals surface area contributed by atoms with Crippen LogP contribution in [0.25, 0.3) is 0 Å². The number of carbonyl (C=O) groups is 4. The van der Waals surface area contributed by atoms with Crippen molar-refractivity contribution in [2.45, 2.75) is 201 Å². The highest BCUT2D eigenvalue weighted by molar-refractivity contribution is 6.05. The molecule has 8 aromatic carbocycles. The van der Waals surface area contributed by atoms with Gasteiger partial charge in [-0.25, -0.2) is 0 Å². The van der Waals surface area contributed by atoms with Crippen molar-refractivity contribution in [1.29, 1.82) is 0 Å². The lowest BCUT2D eigenvalue weighted by Crippen LogP contribution is -2.61. The van der Waals surface area contributed by atoms with E-state index in [-0.39, 0.29) is 140 Å². The minimum atomic E-state index is -1.76. The number of aliphatic hydroxyl groups is 12. The quantitative estimate of drug-likeness (QED) is 0.0697. The lowest BCUT2D eigenvalue weighted by Gasteiger charge is -2.42. The average Bonchev–Trinajstić information content (AvgIpc) is 0.775. The van der Waals surface area contributed by atoms with Crippen LogP contribution in [0.2, 0.25) is 0 Å². The Hall–Kier alpha value is -11.5. The van der Waals surface area contributed by atoms with Gasteiger partial charge in [-0.2, -0.15) is 0 Å². The van der Waals surface area contributed by atoms with Gasteiger partial charge in [0.05, 0.1) is 58.2 Å². The van der Waals surface area contributed by atoms with Crippen LogP contribution in [-0.2, 0) is 28.4 Å². The van der Waals surface area contributed by atoms with E-state index in [2.05, 4.69) is 0 Å². The maximum Gasteiger partial charge on any atom is 0.229 e. The number of aryl methyl sites for hydroxylation is 2. The third-order valence-electron chi connectivity index (χ3n) is 22.1. The normalized spacial score (nSPS) is 30.3. The van der Waals surface area contributed by atoms with Gasteiger partial charge in [-0.3, -0.25) is 19.2 Å². The zero-order valence-corrected chi connectivity index (χ0v) is 67.1. The second-order valence-electron chi connectivity index (χ2n) is 31.0. The van der Waals surface area contributed by atoms with Crippen LogP contribution >= 0.6 is 0 Å². The number of benzene rings is 8. The van der Waals surface area contributed by atoms with Crippen LogP contribution in [0.5, 0.6) is 92.0 Å². The number of Topliss-reactive ketones (excluding diaryl/α,β-unsaturated/α-hetero) is 4. The molecule has 0 aliphatic carbocycles. The Balaban J connectivity index is 0.000000150.